The molecule has 0 aliphatic rings. The van der Waals surface area contributed by atoms with Crippen molar-refractivity contribution in [2.75, 3.05) is 7.05 Å². The van der Waals surface area contributed by atoms with Gasteiger partial charge in [0.2, 0.25) is 0 Å². The number of halogens is 3. The van der Waals surface area contributed by atoms with Gasteiger partial charge in [0.05, 0.1) is 32.5 Å². The van der Waals surface area contributed by atoms with Gasteiger partial charge in [0.1, 0.15) is 22.9 Å². The number of hydrogen-bond acceptors (Lipinski definition) is 5. The van der Waals surface area contributed by atoms with Crippen molar-refractivity contribution in [3.63, 3.8) is 0 Å². The number of aromatic amines is 1. The molecule has 7 nitrogen and oxygen atoms in total. The second-order valence-electron chi connectivity index (χ2n) is 7.65. The predicted octanol–water partition coefficient (Wildman–Crippen LogP) is 5.66. The van der Waals surface area contributed by atoms with Crippen LogP contribution in [0.3, 0.4) is 0 Å². The number of carbonyl (C=O) groups is 1. The summed E-state index contributed by atoms with van der Waals surface area (Å²) in [6.07, 6.45) is -1.47. The van der Waals surface area contributed by atoms with Gasteiger partial charge in [0, 0.05) is 43.5 Å². The number of thiophene rings is 1. The number of H-pyrrole nitrogens is 1. The Bertz CT molecular complexity index is 1560. The van der Waals surface area contributed by atoms with Gasteiger partial charge >= 0.3 is 6.18 Å². The largest absolute Gasteiger partial charge is 0.456 e. The lowest BCUT2D eigenvalue weighted by molar-refractivity contribution is -0.143. The Morgan fingerprint density at radius 3 is 2.68 bits per heavy atom. The van der Waals surface area contributed by atoms with E-state index < -0.39 is 23.3 Å². The number of nitrogens with one attached hydrogen (secondary N) is 2. The zero-order valence-electron chi connectivity index (χ0n) is 18.2. The Morgan fingerprint density at radius 1 is 1.21 bits per heavy atom. The summed E-state index contributed by atoms with van der Waals surface area (Å²) in [5.41, 5.74) is 1.27. The molecule has 0 aliphatic heterocycles. The van der Waals surface area contributed by atoms with Gasteiger partial charge in [-0.1, -0.05) is 0 Å². The molecule has 5 rings (SSSR count). The number of imidazole rings is 1. The normalized spacial score (nSPS) is 11.9. The van der Waals surface area contributed by atoms with Crippen LogP contribution < -0.4 is 10.1 Å². The lowest BCUT2D eigenvalue weighted by atomic mass is 10.1. The van der Waals surface area contributed by atoms with Gasteiger partial charge in [0.15, 0.2) is 0 Å². The SMILES string of the molecule is CNC(=O)c1c(C(F)(F)F)n(C)c2cc(Oc3ccnc4cc(-c5nc[nH]c5C)sc34)ccc12. The second-order valence-corrected chi connectivity index (χ2v) is 8.70. The van der Waals surface area contributed by atoms with E-state index in [-0.39, 0.29) is 10.9 Å². The van der Waals surface area contributed by atoms with Crippen LogP contribution in [0.5, 0.6) is 11.5 Å². The maximum absolute atomic E-state index is 13.8. The highest BCUT2D eigenvalue weighted by Crippen LogP contribution is 2.41. The van der Waals surface area contributed by atoms with Crippen LogP contribution in [0.1, 0.15) is 21.7 Å². The number of benzene rings is 1. The maximum Gasteiger partial charge on any atom is 0.432 e. The highest BCUT2D eigenvalue weighted by Gasteiger charge is 2.40. The van der Waals surface area contributed by atoms with Gasteiger partial charge in [-0.3, -0.25) is 9.78 Å². The average Bonchev–Trinajstić information content (AvgIpc) is 3.48. The van der Waals surface area contributed by atoms with Crippen LogP contribution in [0.25, 0.3) is 31.7 Å². The smallest absolute Gasteiger partial charge is 0.432 e. The molecule has 11 heteroatoms. The second kappa shape index (κ2) is 7.87. The van der Waals surface area contributed by atoms with E-state index in [0.717, 1.165) is 31.0 Å². The Hall–Kier alpha value is -3.86. The van der Waals surface area contributed by atoms with Crippen LogP contribution in [0.15, 0.2) is 42.9 Å². The molecule has 0 aliphatic carbocycles. The third-order valence-corrected chi connectivity index (χ3v) is 6.71. The fourth-order valence-electron chi connectivity index (χ4n) is 4.01. The van der Waals surface area contributed by atoms with Crippen LogP contribution in [-0.2, 0) is 13.2 Å². The molecule has 0 saturated carbocycles. The Morgan fingerprint density at radius 2 is 2.00 bits per heavy atom. The molecule has 0 saturated heterocycles. The number of pyridine rings is 1. The van der Waals surface area contributed by atoms with E-state index in [1.165, 1.54) is 37.6 Å². The van der Waals surface area contributed by atoms with Crippen molar-refractivity contribution in [1.82, 2.24) is 24.8 Å². The molecular formula is C23H18F3N5O2S. The summed E-state index contributed by atoms with van der Waals surface area (Å²) < 4.78 is 49.1. The summed E-state index contributed by atoms with van der Waals surface area (Å²) in [7, 11) is 2.58. The molecule has 0 bridgehead atoms. The lowest BCUT2D eigenvalue weighted by Gasteiger charge is -2.10. The van der Waals surface area contributed by atoms with Gasteiger partial charge in [0.25, 0.3) is 5.91 Å². The van der Waals surface area contributed by atoms with Crippen molar-refractivity contribution >= 4 is 38.4 Å². The first-order valence-electron chi connectivity index (χ1n) is 10.2. The number of nitrogens with zero attached hydrogens (tertiary/aromatic N) is 3. The molecule has 5 aromatic rings. The van der Waals surface area contributed by atoms with Crippen molar-refractivity contribution in [2.45, 2.75) is 13.1 Å². The summed E-state index contributed by atoms with van der Waals surface area (Å²) >= 11 is 1.46. The van der Waals surface area contributed by atoms with Gasteiger partial charge in [-0.05, 0) is 25.1 Å². The number of aryl methyl sites for hydroxylation is 2. The molecule has 0 fully saturated rings. The first-order chi connectivity index (χ1) is 16.2. The van der Waals surface area contributed by atoms with Crippen molar-refractivity contribution in [1.29, 1.82) is 0 Å². The third kappa shape index (κ3) is 3.48. The van der Waals surface area contributed by atoms with Crippen molar-refractivity contribution < 1.29 is 22.7 Å². The highest BCUT2D eigenvalue weighted by atomic mass is 32.1. The maximum atomic E-state index is 13.8. The summed E-state index contributed by atoms with van der Waals surface area (Å²) in [6.45, 7) is 1.93. The quantitative estimate of drug-likeness (QED) is 0.344. The van der Waals surface area contributed by atoms with Crippen LogP contribution in [0.4, 0.5) is 13.2 Å². The zero-order valence-corrected chi connectivity index (χ0v) is 19.1. The number of alkyl halides is 3. The Kier molecular flexibility index (Phi) is 5.08. The van der Waals surface area contributed by atoms with Crippen LogP contribution in [0.2, 0.25) is 0 Å². The van der Waals surface area contributed by atoms with E-state index >= 15 is 0 Å². The molecule has 2 N–H and O–H groups in total. The van der Waals surface area contributed by atoms with Crippen LogP contribution in [-0.4, -0.2) is 32.5 Å². The van der Waals surface area contributed by atoms with E-state index in [1.54, 1.807) is 24.7 Å². The minimum absolute atomic E-state index is 0.189. The average molecular weight is 485 g/mol. The van der Waals surface area contributed by atoms with E-state index in [1.807, 2.05) is 13.0 Å². The third-order valence-electron chi connectivity index (χ3n) is 5.56. The van der Waals surface area contributed by atoms with Gasteiger partial charge < -0.3 is 19.6 Å². The molecule has 1 amide bonds. The van der Waals surface area contributed by atoms with Crippen LogP contribution >= 0.6 is 11.3 Å². The summed E-state index contributed by atoms with van der Waals surface area (Å²) in [4.78, 5) is 25.0. The van der Waals surface area contributed by atoms with E-state index in [2.05, 4.69) is 20.3 Å². The fourth-order valence-corrected chi connectivity index (χ4v) is 5.13. The number of rotatable bonds is 4. The number of carbonyl (C=O) groups excluding carboxylic acids is 1. The fraction of sp³-hybridized carbons (Fsp3) is 0.174. The molecule has 34 heavy (non-hydrogen) atoms. The minimum atomic E-state index is -4.70. The minimum Gasteiger partial charge on any atom is -0.456 e. The van der Waals surface area contributed by atoms with Gasteiger partial charge in [-0.15, -0.1) is 11.3 Å². The molecule has 0 unspecified atom stereocenters. The monoisotopic (exact) mass is 485 g/mol. The number of ether oxygens (including phenoxy) is 1. The molecule has 0 spiro atoms. The first-order valence-corrected chi connectivity index (χ1v) is 11.0. The van der Waals surface area contributed by atoms with E-state index in [0.29, 0.717) is 11.5 Å². The number of amides is 1. The van der Waals surface area contributed by atoms with Crippen molar-refractivity contribution in [3.05, 3.63) is 59.8 Å². The number of hydrogen-bond donors (Lipinski definition) is 2. The number of fused-ring (bicyclic) bond motifs is 2. The van der Waals surface area contributed by atoms with Crippen LogP contribution in [0, 0.1) is 6.92 Å². The van der Waals surface area contributed by atoms with Gasteiger partial charge in [-0.2, -0.15) is 13.2 Å². The lowest BCUT2D eigenvalue weighted by Crippen LogP contribution is -2.23. The molecular weight excluding hydrogens is 467 g/mol. The Labute approximate surface area is 195 Å². The molecule has 4 heterocycles. The summed E-state index contributed by atoms with van der Waals surface area (Å²) in [5.74, 6) is 0.0523. The van der Waals surface area contributed by atoms with E-state index in [4.69, 9.17) is 4.74 Å². The number of aromatic nitrogens is 4. The van der Waals surface area contributed by atoms with Crippen molar-refractivity contribution in [2.24, 2.45) is 7.05 Å². The molecule has 4 aromatic heterocycles. The highest BCUT2D eigenvalue weighted by molar-refractivity contribution is 7.22. The van der Waals surface area contributed by atoms with E-state index in [9.17, 15) is 18.0 Å². The van der Waals surface area contributed by atoms with Crippen molar-refractivity contribution in [3.8, 4) is 22.1 Å². The topological polar surface area (TPSA) is 84.8 Å². The first kappa shape index (κ1) is 22.0. The Balaban J connectivity index is 1.60. The summed E-state index contributed by atoms with van der Waals surface area (Å²) in [5, 5.41) is 2.48. The van der Waals surface area contributed by atoms with Gasteiger partial charge in [-0.25, -0.2) is 4.98 Å². The zero-order chi connectivity index (χ0) is 24.2. The predicted molar refractivity (Wildman–Crippen MR) is 123 cm³/mol. The standard InChI is InChI=1S/C23H18F3N5O2S/c1-11-19(30-10-29-11)17-9-14-20(34-17)16(6-7-28-14)33-12-4-5-13-15(8-12)31(3)21(23(24,25)26)18(13)22(32)27-2/h4-10H,1-3H3,(H,27,32)(H,29,30). The molecule has 174 valence electrons. The molecule has 0 radical (unpaired) electrons. The molecule has 0 atom stereocenters. The molecule has 1 aromatic carbocycles. The summed E-state index contributed by atoms with van der Waals surface area (Å²) in [6, 6.07) is 8.13.